The average Bonchev–Trinajstić information content (AvgIpc) is 2.37. The maximum absolute atomic E-state index is 11.2. The fraction of sp³-hybridized carbons (Fsp3) is 0.385. The molecule has 0 bridgehead atoms. The van der Waals surface area contributed by atoms with Crippen LogP contribution in [0.25, 0.3) is 0 Å². The van der Waals surface area contributed by atoms with Crippen LogP contribution in [-0.4, -0.2) is 25.5 Å². The molecule has 0 heterocycles. The highest BCUT2D eigenvalue weighted by molar-refractivity contribution is 5.80. The van der Waals surface area contributed by atoms with Crippen molar-refractivity contribution in [3.05, 3.63) is 29.8 Å². The van der Waals surface area contributed by atoms with Gasteiger partial charge < -0.3 is 9.47 Å². The third kappa shape index (κ3) is 4.68. The summed E-state index contributed by atoms with van der Waals surface area (Å²) in [5.41, 5.74) is 0.300. The van der Waals surface area contributed by atoms with Crippen LogP contribution >= 0.6 is 0 Å². The van der Waals surface area contributed by atoms with Gasteiger partial charge in [0.05, 0.1) is 12.2 Å². The molecule has 1 radical (unpaired) electrons. The smallest absolute Gasteiger partial charge is 0.344 e. The van der Waals surface area contributed by atoms with E-state index < -0.39 is 5.97 Å². The quantitative estimate of drug-likeness (QED) is 0.534. The van der Waals surface area contributed by atoms with E-state index in [0.29, 0.717) is 17.9 Å². The van der Waals surface area contributed by atoms with Crippen LogP contribution in [0.3, 0.4) is 0 Å². The van der Waals surface area contributed by atoms with E-state index in [-0.39, 0.29) is 6.61 Å². The molecule has 0 N–H and O–H groups in total. The van der Waals surface area contributed by atoms with E-state index in [1.807, 2.05) is 6.92 Å². The van der Waals surface area contributed by atoms with E-state index in [1.165, 1.54) is 0 Å². The molecular weight excluding hydrogens is 220 g/mol. The van der Waals surface area contributed by atoms with Gasteiger partial charge in [-0.3, -0.25) is 4.79 Å². The predicted molar refractivity (Wildman–Crippen MR) is 62.6 cm³/mol. The van der Waals surface area contributed by atoms with Gasteiger partial charge in [0.25, 0.3) is 0 Å². The maximum atomic E-state index is 11.2. The van der Waals surface area contributed by atoms with Crippen LogP contribution in [0.15, 0.2) is 24.3 Å². The van der Waals surface area contributed by atoms with Gasteiger partial charge in [-0.1, -0.05) is 25.5 Å². The monoisotopic (exact) mass is 235 g/mol. The third-order valence-corrected chi connectivity index (χ3v) is 2.10. The molecule has 1 aromatic rings. The zero-order valence-corrected chi connectivity index (χ0v) is 9.77. The van der Waals surface area contributed by atoms with Crippen molar-refractivity contribution in [3.63, 3.8) is 0 Å². The van der Waals surface area contributed by atoms with Gasteiger partial charge >= 0.3 is 5.97 Å². The summed E-state index contributed by atoms with van der Waals surface area (Å²) in [5, 5.41) is 0. The van der Waals surface area contributed by atoms with Crippen molar-refractivity contribution in [1.29, 1.82) is 0 Å². The van der Waals surface area contributed by atoms with Crippen molar-refractivity contribution in [1.82, 2.24) is 0 Å². The molecular formula is C13H15O4. The number of rotatable bonds is 7. The van der Waals surface area contributed by atoms with Gasteiger partial charge in [0.2, 0.25) is 6.29 Å². The standard InChI is InChI=1S/C13H15O4/c1-2-3-8-16-13(15)10-17-12-7-5-4-6-11(12)9-14/h4-7H,2-3,8,10H2,1H3. The largest absolute Gasteiger partial charge is 0.481 e. The second kappa shape index (κ2) is 7.44. The summed E-state index contributed by atoms with van der Waals surface area (Å²) in [5.74, 6) is -0.0888. The Morgan fingerprint density at radius 1 is 1.35 bits per heavy atom. The van der Waals surface area contributed by atoms with Crippen LogP contribution in [-0.2, 0) is 14.3 Å². The van der Waals surface area contributed by atoms with E-state index >= 15 is 0 Å². The number of carbonyl (C=O) groups excluding carboxylic acids is 2. The lowest BCUT2D eigenvalue weighted by Gasteiger charge is -2.07. The van der Waals surface area contributed by atoms with E-state index in [1.54, 1.807) is 30.6 Å². The fourth-order valence-corrected chi connectivity index (χ4v) is 1.19. The molecule has 0 saturated carbocycles. The molecule has 1 rings (SSSR count). The minimum absolute atomic E-state index is 0.192. The van der Waals surface area contributed by atoms with Crippen molar-refractivity contribution < 1.29 is 19.1 Å². The first kappa shape index (κ1) is 13.2. The zero-order chi connectivity index (χ0) is 12.5. The molecule has 0 aromatic heterocycles. The van der Waals surface area contributed by atoms with Crippen LogP contribution in [0.5, 0.6) is 5.75 Å². The Morgan fingerprint density at radius 2 is 2.12 bits per heavy atom. The second-order valence-corrected chi connectivity index (χ2v) is 3.46. The molecule has 0 atom stereocenters. The summed E-state index contributed by atoms with van der Waals surface area (Å²) >= 11 is 0. The van der Waals surface area contributed by atoms with E-state index in [2.05, 4.69) is 0 Å². The molecule has 0 aliphatic carbocycles. The summed E-state index contributed by atoms with van der Waals surface area (Å²) in [6, 6.07) is 6.61. The zero-order valence-electron chi connectivity index (χ0n) is 9.77. The van der Waals surface area contributed by atoms with Crippen molar-refractivity contribution in [2.45, 2.75) is 19.8 Å². The number of hydrogen-bond acceptors (Lipinski definition) is 4. The summed E-state index contributed by atoms with van der Waals surface area (Å²) in [4.78, 5) is 21.8. The number of unbranched alkanes of at least 4 members (excludes halogenated alkanes) is 1. The second-order valence-electron chi connectivity index (χ2n) is 3.46. The average molecular weight is 235 g/mol. The van der Waals surface area contributed by atoms with Crippen molar-refractivity contribution in [2.24, 2.45) is 0 Å². The van der Waals surface area contributed by atoms with Gasteiger partial charge in [-0.2, -0.15) is 0 Å². The predicted octanol–water partition coefficient (Wildman–Crippen LogP) is 1.87. The van der Waals surface area contributed by atoms with Gasteiger partial charge in [0.1, 0.15) is 5.75 Å². The number of para-hydroxylation sites is 1. The number of hydrogen-bond donors (Lipinski definition) is 0. The van der Waals surface area contributed by atoms with Gasteiger partial charge in [0.15, 0.2) is 6.61 Å². The Morgan fingerprint density at radius 3 is 2.82 bits per heavy atom. The van der Waals surface area contributed by atoms with Crippen molar-refractivity contribution in [2.75, 3.05) is 13.2 Å². The third-order valence-electron chi connectivity index (χ3n) is 2.10. The molecule has 0 saturated heterocycles. The van der Waals surface area contributed by atoms with Gasteiger partial charge in [0, 0.05) is 0 Å². The first-order valence-corrected chi connectivity index (χ1v) is 5.53. The first-order valence-electron chi connectivity index (χ1n) is 5.53. The van der Waals surface area contributed by atoms with E-state index in [0.717, 1.165) is 12.8 Å². The summed E-state index contributed by atoms with van der Waals surface area (Å²) < 4.78 is 10.1. The summed E-state index contributed by atoms with van der Waals surface area (Å²) in [6.07, 6.45) is 3.55. The fourth-order valence-electron chi connectivity index (χ4n) is 1.19. The number of benzene rings is 1. The normalized spacial score (nSPS) is 9.71. The SMILES string of the molecule is CCCCOC(=O)COc1ccccc1[C]=O. The maximum Gasteiger partial charge on any atom is 0.344 e. The highest BCUT2D eigenvalue weighted by Gasteiger charge is 2.07. The Hall–Kier alpha value is -1.84. The Labute approximate surface area is 101 Å². The molecule has 0 amide bonds. The lowest BCUT2D eigenvalue weighted by atomic mass is 10.2. The summed E-state index contributed by atoms with van der Waals surface area (Å²) in [6.45, 7) is 2.23. The molecule has 0 aliphatic rings. The minimum atomic E-state index is -0.431. The molecule has 0 aliphatic heterocycles. The molecule has 17 heavy (non-hydrogen) atoms. The molecule has 4 nitrogen and oxygen atoms in total. The van der Waals surface area contributed by atoms with Gasteiger partial charge in [-0.15, -0.1) is 0 Å². The van der Waals surface area contributed by atoms with Crippen molar-refractivity contribution in [3.8, 4) is 5.75 Å². The molecule has 0 unspecified atom stereocenters. The molecule has 1 aromatic carbocycles. The van der Waals surface area contributed by atoms with Crippen molar-refractivity contribution >= 4 is 12.3 Å². The highest BCUT2D eigenvalue weighted by Crippen LogP contribution is 2.15. The minimum Gasteiger partial charge on any atom is -0.481 e. The lowest BCUT2D eigenvalue weighted by molar-refractivity contribution is -0.146. The van der Waals surface area contributed by atoms with Crippen LogP contribution < -0.4 is 4.74 Å². The summed E-state index contributed by atoms with van der Waals surface area (Å²) in [7, 11) is 0. The Kier molecular flexibility index (Phi) is 5.79. The lowest BCUT2D eigenvalue weighted by Crippen LogP contribution is -2.16. The first-order chi connectivity index (χ1) is 8.27. The van der Waals surface area contributed by atoms with Gasteiger partial charge in [-0.25, -0.2) is 4.79 Å². The number of carbonyl (C=O) groups is 1. The topological polar surface area (TPSA) is 52.6 Å². The Bertz CT molecular complexity index is 373. The molecule has 0 fully saturated rings. The van der Waals surface area contributed by atoms with Crippen LogP contribution in [0, 0.1) is 0 Å². The number of esters is 1. The number of ether oxygens (including phenoxy) is 2. The van der Waals surface area contributed by atoms with Crippen LogP contribution in [0.2, 0.25) is 0 Å². The van der Waals surface area contributed by atoms with Crippen LogP contribution in [0.1, 0.15) is 25.3 Å². The van der Waals surface area contributed by atoms with Crippen LogP contribution in [0.4, 0.5) is 0 Å². The molecule has 91 valence electrons. The molecule has 4 heteroatoms. The van der Waals surface area contributed by atoms with E-state index in [9.17, 15) is 9.59 Å². The Balaban J connectivity index is 2.39. The highest BCUT2D eigenvalue weighted by atomic mass is 16.6. The van der Waals surface area contributed by atoms with E-state index in [4.69, 9.17) is 9.47 Å². The van der Waals surface area contributed by atoms with Gasteiger partial charge in [-0.05, 0) is 18.6 Å². The molecule has 0 spiro atoms.